The van der Waals surface area contributed by atoms with Crippen LogP contribution < -0.4 is 5.32 Å². The van der Waals surface area contributed by atoms with Gasteiger partial charge in [0, 0.05) is 31.0 Å². The van der Waals surface area contributed by atoms with E-state index in [0.29, 0.717) is 11.3 Å². The predicted molar refractivity (Wildman–Crippen MR) is 88.7 cm³/mol. The molecule has 0 saturated heterocycles. The Morgan fingerprint density at radius 1 is 1.08 bits per heavy atom. The van der Waals surface area contributed by atoms with E-state index >= 15 is 0 Å². The zero-order valence-electron chi connectivity index (χ0n) is 13.3. The van der Waals surface area contributed by atoms with Gasteiger partial charge >= 0.3 is 0 Å². The summed E-state index contributed by atoms with van der Waals surface area (Å²) in [6, 6.07) is 9.10. The van der Waals surface area contributed by atoms with Gasteiger partial charge in [-0.2, -0.15) is 0 Å². The molecule has 0 spiro atoms. The van der Waals surface area contributed by atoms with E-state index in [2.05, 4.69) is 17.2 Å². The highest BCUT2D eigenvalue weighted by Gasteiger charge is 2.35. The molecule has 2 heterocycles. The lowest BCUT2D eigenvalue weighted by atomic mass is 10.1. The van der Waals surface area contributed by atoms with Crippen molar-refractivity contribution >= 4 is 23.4 Å². The lowest BCUT2D eigenvalue weighted by Crippen LogP contribution is -2.32. The molecule has 1 aliphatic rings. The van der Waals surface area contributed by atoms with Crippen LogP contribution in [-0.4, -0.2) is 34.2 Å². The fourth-order valence-corrected chi connectivity index (χ4v) is 2.60. The molecule has 122 valence electrons. The molecule has 0 atom stereocenters. The fourth-order valence-electron chi connectivity index (χ4n) is 2.60. The van der Waals surface area contributed by atoms with E-state index < -0.39 is 5.91 Å². The fraction of sp³-hybridized carbons (Fsp3) is 0.222. The molecule has 6 nitrogen and oxygen atoms in total. The summed E-state index contributed by atoms with van der Waals surface area (Å²) in [7, 11) is 0. The zero-order valence-corrected chi connectivity index (χ0v) is 13.3. The van der Waals surface area contributed by atoms with Crippen molar-refractivity contribution in [1.82, 2.24) is 9.88 Å². The molecule has 24 heavy (non-hydrogen) atoms. The average molecular weight is 323 g/mol. The van der Waals surface area contributed by atoms with Crippen molar-refractivity contribution in [2.75, 3.05) is 11.9 Å². The van der Waals surface area contributed by atoms with E-state index in [9.17, 15) is 14.4 Å². The van der Waals surface area contributed by atoms with Crippen molar-refractivity contribution in [3.05, 3.63) is 59.4 Å². The van der Waals surface area contributed by atoms with Gasteiger partial charge < -0.3 is 5.32 Å². The van der Waals surface area contributed by atoms with Gasteiger partial charge in [0.25, 0.3) is 11.8 Å². The molecule has 0 saturated carbocycles. The largest absolute Gasteiger partial charge is 0.326 e. The van der Waals surface area contributed by atoms with Crippen LogP contribution in [0.2, 0.25) is 0 Å². The Morgan fingerprint density at radius 2 is 1.79 bits per heavy atom. The van der Waals surface area contributed by atoms with Gasteiger partial charge in [-0.15, -0.1) is 0 Å². The van der Waals surface area contributed by atoms with Crippen molar-refractivity contribution in [1.29, 1.82) is 0 Å². The molecule has 1 N–H and O–H groups in total. The Bertz CT molecular complexity index is 764. The van der Waals surface area contributed by atoms with Gasteiger partial charge in [0.1, 0.15) is 0 Å². The standard InChI is InChI=1S/C18H17N3O3/c1-2-12-3-5-13(6-4-12)20-16(22)8-10-21-17(23)14-7-9-19-11-15(14)18(21)24/h3-7,9,11H,2,8,10H2,1H3,(H,20,22). The lowest BCUT2D eigenvalue weighted by molar-refractivity contribution is -0.116. The van der Waals surface area contributed by atoms with Crippen LogP contribution in [0.5, 0.6) is 0 Å². The first-order valence-corrected chi connectivity index (χ1v) is 7.79. The summed E-state index contributed by atoms with van der Waals surface area (Å²) in [4.78, 5) is 41.4. The Labute approximate surface area is 139 Å². The molecule has 1 aromatic heterocycles. The average Bonchev–Trinajstić information content (AvgIpc) is 2.85. The zero-order chi connectivity index (χ0) is 17.1. The molecule has 6 heteroatoms. The monoisotopic (exact) mass is 323 g/mol. The smallest absolute Gasteiger partial charge is 0.263 e. The molecule has 3 rings (SSSR count). The molecular weight excluding hydrogens is 306 g/mol. The number of nitrogens with one attached hydrogen (secondary N) is 1. The molecule has 0 radical (unpaired) electrons. The Kier molecular flexibility index (Phi) is 4.37. The molecule has 3 amide bonds. The maximum Gasteiger partial charge on any atom is 0.263 e. The minimum absolute atomic E-state index is 0.0468. The van der Waals surface area contributed by atoms with E-state index in [0.717, 1.165) is 11.3 Å². The highest BCUT2D eigenvalue weighted by atomic mass is 16.2. The number of aromatic nitrogens is 1. The summed E-state index contributed by atoms with van der Waals surface area (Å²) in [5.41, 5.74) is 2.51. The van der Waals surface area contributed by atoms with Crippen LogP contribution in [0.1, 0.15) is 39.6 Å². The highest BCUT2D eigenvalue weighted by Crippen LogP contribution is 2.21. The maximum absolute atomic E-state index is 12.2. The van der Waals surface area contributed by atoms with Gasteiger partial charge in [0.05, 0.1) is 11.1 Å². The second-order valence-corrected chi connectivity index (χ2v) is 5.53. The number of amides is 3. The van der Waals surface area contributed by atoms with Gasteiger partial charge in [-0.3, -0.25) is 24.3 Å². The number of nitrogens with zero attached hydrogens (tertiary/aromatic N) is 2. The van der Waals surface area contributed by atoms with Crippen molar-refractivity contribution in [2.45, 2.75) is 19.8 Å². The number of pyridine rings is 1. The number of fused-ring (bicyclic) bond motifs is 1. The summed E-state index contributed by atoms with van der Waals surface area (Å²) < 4.78 is 0. The van der Waals surface area contributed by atoms with Gasteiger partial charge in [0.15, 0.2) is 0 Å². The minimum atomic E-state index is -0.400. The Hall–Kier alpha value is -3.02. The quantitative estimate of drug-likeness (QED) is 0.856. The topological polar surface area (TPSA) is 79.4 Å². The molecule has 1 aromatic carbocycles. The van der Waals surface area contributed by atoms with Gasteiger partial charge in [-0.25, -0.2) is 0 Å². The molecule has 2 aromatic rings. The number of rotatable bonds is 5. The molecule has 0 aliphatic carbocycles. The van der Waals surface area contributed by atoms with Gasteiger partial charge in [-0.1, -0.05) is 19.1 Å². The van der Waals surface area contributed by atoms with Crippen LogP contribution in [0, 0.1) is 0 Å². The summed E-state index contributed by atoms with van der Waals surface area (Å²) in [5.74, 6) is -1.02. The molecule has 0 fully saturated rings. The van der Waals surface area contributed by atoms with Crippen molar-refractivity contribution < 1.29 is 14.4 Å². The van der Waals surface area contributed by atoms with Crippen molar-refractivity contribution in [2.24, 2.45) is 0 Å². The molecule has 0 bridgehead atoms. The second kappa shape index (κ2) is 6.62. The number of imide groups is 1. The Morgan fingerprint density at radius 3 is 2.46 bits per heavy atom. The first-order chi connectivity index (χ1) is 11.6. The normalized spacial score (nSPS) is 13.1. The molecule has 0 unspecified atom stereocenters. The first kappa shape index (κ1) is 15.9. The number of hydrogen-bond acceptors (Lipinski definition) is 4. The third-order valence-corrected chi connectivity index (χ3v) is 3.98. The second-order valence-electron chi connectivity index (χ2n) is 5.53. The van der Waals surface area contributed by atoms with Crippen LogP contribution in [0.15, 0.2) is 42.7 Å². The van der Waals surface area contributed by atoms with Crippen LogP contribution in [0.3, 0.4) is 0 Å². The minimum Gasteiger partial charge on any atom is -0.326 e. The SMILES string of the molecule is CCc1ccc(NC(=O)CCN2C(=O)c3ccncc3C2=O)cc1. The summed E-state index contributed by atoms with van der Waals surface area (Å²) in [5, 5.41) is 2.77. The number of anilines is 1. The highest BCUT2D eigenvalue weighted by molar-refractivity contribution is 6.21. The van der Waals surface area contributed by atoms with Crippen LogP contribution in [0.25, 0.3) is 0 Å². The Balaban J connectivity index is 1.59. The first-order valence-electron chi connectivity index (χ1n) is 7.79. The number of carbonyl (C=O) groups excluding carboxylic acids is 3. The van der Waals surface area contributed by atoms with Crippen LogP contribution >= 0.6 is 0 Å². The van der Waals surface area contributed by atoms with Crippen molar-refractivity contribution in [3.63, 3.8) is 0 Å². The number of hydrogen-bond donors (Lipinski definition) is 1. The van der Waals surface area contributed by atoms with E-state index in [-0.39, 0.29) is 30.3 Å². The van der Waals surface area contributed by atoms with E-state index in [4.69, 9.17) is 0 Å². The summed E-state index contributed by atoms with van der Waals surface area (Å²) >= 11 is 0. The summed E-state index contributed by atoms with van der Waals surface area (Å²) in [6.07, 6.45) is 3.84. The van der Waals surface area contributed by atoms with E-state index in [1.807, 2.05) is 24.3 Å². The van der Waals surface area contributed by atoms with Crippen LogP contribution in [0.4, 0.5) is 5.69 Å². The number of aryl methyl sites for hydroxylation is 1. The third kappa shape index (κ3) is 3.03. The number of benzene rings is 1. The van der Waals surface area contributed by atoms with Crippen LogP contribution in [-0.2, 0) is 11.2 Å². The van der Waals surface area contributed by atoms with E-state index in [1.54, 1.807) is 0 Å². The lowest BCUT2D eigenvalue weighted by Gasteiger charge is -2.13. The number of carbonyl (C=O) groups is 3. The van der Waals surface area contributed by atoms with Gasteiger partial charge in [-0.05, 0) is 30.2 Å². The predicted octanol–water partition coefficient (Wildman–Crippen LogP) is 2.27. The van der Waals surface area contributed by atoms with Gasteiger partial charge in [0.2, 0.25) is 5.91 Å². The third-order valence-electron chi connectivity index (χ3n) is 3.98. The van der Waals surface area contributed by atoms with E-state index in [1.165, 1.54) is 24.0 Å². The maximum atomic E-state index is 12.2. The van der Waals surface area contributed by atoms with Crippen molar-refractivity contribution in [3.8, 4) is 0 Å². The molecular formula is C18H17N3O3. The molecule has 1 aliphatic heterocycles. The summed E-state index contributed by atoms with van der Waals surface area (Å²) in [6.45, 7) is 2.11.